The fraction of sp³-hybridized carbons (Fsp3) is 0.125. The molecule has 0 saturated heterocycles. The lowest BCUT2D eigenvalue weighted by Crippen LogP contribution is -2.04. The Hall–Kier alpha value is -3.23. The number of phenols is 1. The molecule has 9 heteroatoms. The highest BCUT2D eigenvalue weighted by molar-refractivity contribution is 5.61. The lowest BCUT2D eigenvalue weighted by Gasteiger charge is -2.07. The van der Waals surface area contributed by atoms with Crippen LogP contribution in [-0.2, 0) is 6.18 Å². The summed E-state index contributed by atoms with van der Waals surface area (Å²) >= 11 is 0. The second-order valence-electron chi connectivity index (χ2n) is 5.00. The predicted molar refractivity (Wildman–Crippen MR) is 82.7 cm³/mol. The van der Waals surface area contributed by atoms with Gasteiger partial charge < -0.3 is 19.6 Å². The Morgan fingerprint density at radius 3 is 2.44 bits per heavy atom. The number of aromatic hydroxyl groups is 1. The van der Waals surface area contributed by atoms with Crippen LogP contribution in [0.25, 0.3) is 11.5 Å². The van der Waals surface area contributed by atoms with Gasteiger partial charge in [0.05, 0.1) is 12.7 Å². The molecule has 2 N–H and O–H groups in total. The molecule has 0 spiro atoms. The largest absolute Gasteiger partial charge is 0.504 e. The molecular weight excluding hydrogens is 339 g/mol. The second kappa shape index (κ2) is 6.34. The van der Waals surface area contributed by atoms with Gasteiger partial charge in [0.1, 0.15) is 0 Å². The first kappa shape index (κ1) is 16.6. The van der Waals surface area contributed by atoms with Crippen LogP contribution in [0.1, 0.15) is 5.56 Å². The van der Waals surface area contributed by atoms with Crippen molar-refractivity contribution < 1.29 is 27.4 Å². The Morgan fingerprint density at radius 1 is 1.08 bits per heavy atom. The van der Waals surface area contributed by atoms with Crippen molar-refractivity contribution in [3.05, 3.63) is 48.0 Å². The summed E-state index contributed by atoms with van der Waals surface area (Å²) in [5.41, 5.74) is 0.134. The lowest BCUT2D eigenvalue weighted by atomic mass is 10.2. The van der Waals surface area contributed by atoms with Gasteiger partial charge in [-0.3, -0.25) is 0 Å². The Labute approximate surface area is 139 Å². The standard InChI is InChI=1S/C16H12F3N3O3/c1-24-13-8-9(2-7-12(13)23)14-21-22-15(25-14)20-11-5-3-10(4-6-11)16(17,18)19/h2-8,23H,1H3,(H,20,22). The van der Waals surface area contributed by atoms with Crippen molar-refractivity contribution in [2.24, 2.45) is 0 Å². The van der Waals surface area contributed by atoms with Crippen LogP contribution >= 0.6 is 0 Å². The van der Waals surface area contributed by atoms with Crippen molar-refractivity contribution in [1.82, 2.24) is 10.2 Å². The molecule has 1 heterocycles. The minimum Gasteiger partial charge on any atom is -0.504 e. The number of halogens is 3. The Kier molecular flexibility index (Phi) is 4.22. The number of ether oxygens (including phenoxy) is 1. The van der Waals surface area contributed by atoms with Crippen LogP contribution in [0.15, 0.2) is 46.9 Å². The van der Waals surface area contributed by atoms with Crippen LogP contribution in [0, 0.1) is 0 Å². The number of nitrogens with zero attached hydrogens (tertiary/aromatic N) is 2. The van der Waals surface area contributed by atoms with E-state index in [0.29, 0.717) is 11.3 Å². The number of hydrogen-bond donors (Lipinski definition) is 2. The van der Waals surface area contributed by atoms with Crippen molar-refractivity contribution in [3.63, 3.8) is 0 Å². The lowest BCUT2D eigenvalue weighted by molar-refractivity contribution is -0.137. The fourth-order valence-electron chi connectivity index (χ4n) is 2.07. The van der Waals surface area contributed by atoms with Crippen molar-refractivity contribution in [3.8, 4) is 23.0 Å². The maximum atomic E-state index is 12.5. The van der Waals surface area contributed by atoms with E-state index in [2.05, 4.69) is 15.5 Å². The van der Waals surface area contributed by atoms with Crippen molar-refractivity contribution >= 4 is 11.7 Å². The number of hydrogen-bond acceptors (Lipinski definition) is 6. The van der Waals surface area contributed by atoms with Gasteiger partial charge in [0.25, 0.3) is 0 Å². The summed E-state index contributed by atoms with van der Waals surface area (Å²) in [6.45, 7) is 0. The first-order valence-electron chi connectivity index (χ1n) is 7.02. The average Bonchev–Trinajstić information content (AvgIpc) is 3.03. The summed E-state index contributed by atoms with van der Waals surface area (Å²) in [4.78, 5) is 0. The number of rotatable bonds is 4. The zero-order valence-electron chi connectivity index (χ0n) is 12.8. The number of benzene rings is 2. The molecule has 0 aliphatic carbocycles. The summed E-state index contributed by atoms with van der Waals surface area (Å²) in [5.74, 6) is 0.370. The van der Waals surface area contributed by atoms with Crippen LogP contribution in [-0.4, -0.2) is 22.4 Å². The summed E-state index contributed by atoms with van der Waals surface area (Å²) in [5, 5.41) is 19.9. The first-order chi connectivity index (χ1) is 11.9. The van der Waals surface area contributed by atoms with Crippen LogP contribution in [0.2, 0.25) is 0 Å². The number of alkyl halides is 3. The van der Waals surface area contributed by atoms with Crippen molar-refractivity contribution in [2.45, 2.75) is 6.18 Å². The van der Waals surface area contributed by atoms with Crippen LogP contribution in [0.5, 0.6) is 11.5 Å². The molecule has 25 heavy (non-hydrogen) atoms. The van der Waals surface area contributed by atoms with Crippen molar-refractivity contribution in [1.29, 1.82) is 0 Å². The van der Waals surface area contributed by atoms with Crippen LogP contribution in [0.3, 0.4) is 0 Å². The SMILES string of the molecule is COc1cc(-c2nnc(Nc3ccc(C(F)(F)F)cc3)o2)ccc1O. The fourth-order valence-corrected chi connectivity index (χ4v) is 2.07. The summed E-state index contributed by atoms with van der Waals surface area (Å²) in [6, 6.07) is 8.93. The highest BCUT2D eigenvalue weighted by atomic mass is 19.4. The summed E-state index contributed by atoms with van der Waals surface area (Å²) in [7, 11) is 1.41. The third-order valence-corrected chi connectivity index (χ3v) is 3.32. The van der Waals surface area contributed by atoms with Crippen LogP contribution in [0.4, 0.5) is 24.9 Å². The van der Waals surface area contributed by atoms with Gasteiger partial charge in [0.15, 0.2) is 11.5 Å². The molecule has 2 aromatic carbocycles. The normalized spacial score (nSPS) is 11.4. The molecule has 130 valence electrons. The van der Waals surface area contributed by atoms with E-state index in [0.717, 1.165) is 12.1 Å². The zero-order valence-corrected chi connectivity index (χ0v) is 12.8. The van der Waals surface area contributed by atoms with E-state index in [4.69, 9.17) is 9.15 Å². The van der Waals surface area contributed by atoms with Gasteiger partial charge in [0.2, 0.25) is 5.89 Å². The highest BCUT2D eigenvalue weighted by Crippen LogP contribution is 2.32. The number of phenolic OH excluding ortho intramolecular Hbond substituents is 1. The van der Waals surface area contributed by atoms with E-state index in [1.165, 1.54) is 31.4 Å². The van der Waals surface area contributed by atoms with Crippen LogP contribution < -0.4 is 10.1 Å². The molecule has 0 saturated carbocycles. The van der Waals surface area contributed by atoms with Gasteiger partial charge in [0, 0.05) is 11.3 Å². The monoisotopic (exact) mass is 351 g/mol. The molecule has 0 fully saturated rings. The summed E-state index contributed by atoms with van der Waals surface area (Å²) in [6.07, 6.45) is -4.39. The molecule has 6 nitrogen and oxygen atoms in total. The summed E-state index contributed by atoms with van der Waals surface area (Å²) < 4.78 is 48.0. The number of nitrogens with one attached hydrogen (secondary N) is 1. The van der Waals surface area contributed by atoms with Crippen molar-refractivity contribution in [2.75, 3.05) is 12.4 Å². The van der Waals surface area contributed by atoms with Gasteiger partial charge in [-0.2, -0.15) is 13.2 Å². The third kappa shape index (κ3) is 3.65. The molecule has 0 atom stereocenters. The molecular formula is C16H12F3N3O3. The van der Waals surface area contributed by atoms with E-state index >= 15 is 0 Å². The Bertz CT molecular complexity index is 876. The maximum Gasteiger partial charge on any atom is 0.416 e. The Morgan fingerprint density at radius 2 is 1.80 bits per heavy atom. The van der Waals surface area contributed by atoms with Gasteiger partial charge >= 0.3 is 12.2 Å². The van der Waals surface area contributed by atoms with Gasteiger partial charge in [-0.1, -0.05) is 5.10 Å². The minimum absolute atomic E-state index is 0.0156. The van der Waals surface area contributed by atoms with E-state index in [9.17, 15) is 18.3 Å². The van der Waals surface area contributed by atoms with E-state index in [1.807, 2.05) is 0 Å². The van der Waals surface area contributed by atoms with Gasteiger partial charge in [-0.15, -0.1) is 5.10 Å². The second-order valence-corrected chi connectivity index (χ2v) is 5.00. The molecule has 0 amide bonds. The zero-order chi connectivity index (χ0) is 18.0. The maximum absolute atomic E-state index is 12.5. The first-order valence-corrected chi connectivity index (χ1v) is 7.02. The molecule has 0 aliphatic heterocycles. The molecule has 3 aromatic rings. The topological polar surface area (TPSA) is 80.4 Å². The predicted octanol–water partition coefficient (Wildman–Crippen LogP) is 4.21. The van der Waals surface area contributed by atoms with E-state index in [1.54, 1.807) is 6.07 Å². The molecule has 0 aliphatic rings. The third-order valence-electron chi connectivity index (χ3n) is 3.32. The quantitative estimate of drug-likeness (QED) is 0.733. The number of anilines is 2. The van der Waals surface area contributed by atoms with E-state index < -0.39 is 11.7 Å². The molecule has 1 aromatic heterocycles. The minimum atomic E-state index is -4.39. The molecule has 0 radical (unpaired) electrons. The molecule has 3 rings (SSSR count). The molecule has 0 unspecified atom stereocenters. The number of aromatic nitrogens is 2. The number of methoxy groups -OCH3 is 1. The average molecular weight is 351 g/mol. The Balaban J connectivity index is 1.78. The van der Waals surface area contributed by atoms with Gasteiger partial charge in [-0.25, -0.2) is 0 Å². The van der Waals surface area contributed by atoms with Gasteiger partial charge in [-0.05, 0) is 42.5 Å². The highest BCUT2D eigenvalue weighted by Gasteiger charge is 2.30. The smallest absolute Gasteiger partial charge is 0.416 e. The molecule has 0 bridgehead atoms. The van der Waals surface area contributed by atoms with E-state index in [-0.39, 0.29) is 23.4 Å².